The Morgan fingerprint density at radius 1 is 1.25 bits per heavy atom. The van der Waals surface area contributed by atoms with Crippen LogP contribution in [0, 0.1) is 5.82 Å². The van der Waals surface area contributed by atoms with Crippen molar-refractivity contribution in [2.75, 3.05) is 11.1 Å². The highest BCUT2D eigenvalue weighted by Gasteiger charge is 2.25. The van der Waals surface area contributed by atoms with Crippen LogP contribution in [0.3, 0.4) is 0 Å². The molecule has 0 bridgehead atoms. The van der Waals surface area contributed by atoms with Gasteiger partial charge in [0.1, 0.15) is 5.82 Å². The molecule has 3 rings (SSSR count). The quantitative estimate of drug-likeness (QED) is 0.648. The van der Waals surface area contributed by atoms with Gasteiger partial charge in [0, 0.05) is 33.1 Å². The second kappa shape index (κ2) is 7.98. The standard InChI is InChI=1S/C22H21ClFN3O/c1-4-16(22-17(13(3)28)9-12(2)26-22)18-11-15(25)6-8-20(18)27-21-7-5-14(23)10-19(21)24/h4-12,27H,25H2,1-3H3/b16-4-/t12-/m1/s1. The fraction of sp³-hybridized carbons (Fsp3) is 0.182. The Labute approximate surface area is 168 Å². The molecule has 0 radical (unpaired) electrons. The van der Waals surface area contributed by atoms with E-state index in [2.05, 4.69) is 10.3 Å². The summed E-state index contributed by atoms with van der Waals surface area (Å²) in [5, 5.41) is 3.42. The van der Waals surface area contributed by atoms with Gasteiger partial charge in [-0.15, -0.1) is 0 Å². The fourth-order valence-electron chi connectivity index (χ4n) is 3.18. The Morgan fingerprint density at radius 3 is 2.61 bits per heavy atom. The number of hydrogen-bond acceptors (Lipinski definition) is 4. The van der Waals surface area contributed by atoms with Gasteiger partial charge in [0.2, 0.25) is 0 Å². The molecule has 0 saturated carbocycles. The summed E-state index contributed by atoms with van der Waals surface area (Å²) in [7, 11) is 0. The van der Waals surface area contributed by atoms with Crippen LogP contribution < -0.4 is 11.1 Å². The minimum absolute atomic E-state index is 0.0513. The number of nitrogens with zero attached hydrogens (tertiary/aromatic N) is 1. The van der Waals surface area contributed by atoms with Crippen molar-refractivity contribution in [3.05, 3.63) is 70.5 Å². The van der Waals surface area contributed by atoms with Gasteiger partial charge in [0.25, 0.3) is 0 Å². The van der Waals surface area contributed by atoms with Crippen LogP contribution in [0.25, 0.3) is 5.57 Å². The highest BCUT2D eigenvalue weighted by molar-refractivity contribution is 6.41. The summed E-state index contributed by atoms with van der Waals surface area (Å²) in [6, 6.07) is 9.63. The number of hydrogen-bond donors (Lipinski definition) is 2. The van der Waals surface area contributed by atoms with E-state index < -0.39 is 5.82 Å². The number of anilines is 3. The van der Waals surface area contributed by atoms with Crippen molar-refractivity contribution in [1.29, 1.82) is 0 Å². The average Bonchev–Trinajstić information content (AvgIpc) is 3.02. The summed E-state index contributed by atoms with van der Waals surface area (Å²) in [6.45, 7) is 5.31. The molecular formula is C22H21ClFN3O. The summed E-state index contributed by atoms with van der Waals surface area (Å²) >= 11 is 5.84. The number of benzene rings is 2. The number of aliphatic imine (C=N–C) groups is 1. The molecule has 1 aliphatic heterocycles. The van der Waals surface area contributed by atoms with Crippen molar-refractivity contribution in [3.63, 3.8) is 0 Å². The second-order valence-corrected chi connectivity index (χ2v) is 7.05. The lowest BCUT2D eigenvalue weighted by molar-refractivity contribution is -0.113. The predicted molar refractivity (Wildman–Crippen MR) is 115 cm³/mol. The van der Waals surface area contributed by atoms with Crippen molar-refractivity contribution in [1.82, 2.24) is 0 Å². The van der Waals surface area contributed by atoms with Crippen molar-refractivity contribution in [3.8, 4) is 0 Å². The fourth-order valence-corrected chi connectivity index (χ4v) is 3.34. The van der Waals surface area contributed by atoms with Crippen LogP contribution >= 0.6 is 11.6 Å². The summed E-state index contributed by atoms with van der Waals surface area (Å²) in [6.07, 6.45) is 3.73. The molecule has 0 aromatic heterocycles. The highest BCUT2D eigenvalue weighted by Crippen LogP contribution is 2.34. The van der Waals surface area contributed by atoms with Crippen molar-refractivity contribution in [2.45, 2.75) is 26.8 Å². The smallest absolute Gasteiger partial charge is 0.161 e. The zero-order valence-electron chi connectivity index (χ0n) is 15.9. The van der Waals surface area contributed by atoms with E-state index in [1.54, 1.807) is 30.3 Å². The Bertz CT molecular complexity index is 1040. The van der Waals surface area contributed by atoms with Gasteiger partial charge in [0.05, 0.1) is 17.4 Å². The van der Waals surface area contributed by atoms with Crippen molar-refractivity contribution >= 4 is 45.7 Å². The SMILES string of the molecule is C/C=C(\C1=N[C@H](C)C=C1C(C)=O)c1cc(N)ccc1Nc1ccc(Cl)cc1F. The molecule has 0 fully saturated rings. The maximum Gasteiger partial charge on any atom is 0.161 e. The first kappa shape index (κ1) is 19.8. The molecule has 0 spiro atoms. The molecule has 28 heavy (non-hydrogen) atoms. The van der Waals surface area contributed by atoms with E-state index >= 15 is 0 Å². The Kier molecular flexibility index (Phi) is 5.66. The Morgan fingerprint density at radius 2 is 1.96 bits per heavy atom. The van der Waals surface area contributed by atoms with Crippen LogP contribution in [0.4, 0.5) is 21.5 Å². The second-order valence-electron chi connectivity index (χ2n) is 6.61. The number of carbonyl (C=O) groups is 1. The zero-order chi connectivity index (χ0) is 20.4. The first-order chi connectivity index (χ1) is 13.3. The zero-order valence-corrected chi connectivity index (χ0v) is 16.6. The summed E-state index contributed by atoms with van der Waals surface area (Å²) < 4.78 is 14.3. The molecule has 0 amide bonds. The monoisotopic (exact) mass is 397 g/mol. The van der Waals surface area contributed by atoms with E-state index in [-0.39, 0.29) is 17.5 Å². The van der Waals surface area contributed by atoms with Gasteiger partial charge in [-0.3, -0.25) is 9.79 Å². The van der Waals surface area contributed by atoms with Crippen LogP contribution in [-0.2, 0) is 4.79 Å². The molecular weight excluding hydrogens is 377 g/mol. The molecule has 0 saturated heterocycles. The molecule has 1 atom stereocenters. The Hall–Kier alpha value is -2.92. The van der Waals surface area contributed by atoms with Gasteiger partial charge in [-0.2, -0.15) is 0 Å². The molecule has 0 unspecified atom stereocenters. The number of nitrogens with one attached hydrogen (secondary N) is 1. The maximum absolute atomic E-state index is 14.3. The van der Waals surface area contributed by atoms with Crippen LogP contribution in [0.2, 0.25) is 5.02 Å². The summed E-state index contributed by atoms with van der Waals surface area (Å²) in [5.41, 5.74) is 10.2. The minimum Gasteiger partial charge on any atom is -0.399 e. The van der Waals surface area contributed by atoms with E-state index in [4.69, 9.17) is 17.3 Å². The van der Waals surface area contributed by atoms with Crippen molar-refractivity contribution < 1.29 is 9.18 Å². The molecule has 2 aromatic carbocycles. The van der Waals surface area contributed by atoms with Gasteiger partial charge >= 0.3 is 0 Å². The molecule has 1 aliphatic rings. The number of Topliss-reactive ketones (excluding diaryl/α,β-unsaturated/α-hetero) is 1. The number of rotatable bonds is 5. The maximum atomic E-state index is 14.3. The lowest BCUT2D eigenvalue weighted by atomic mass is 9.93. The largest absolute Gasteiger partial charge is 0.399 e. The summed E-state index contributed by atoms with van der Waals surface area (Å²) in [4.78, 5) is 16.7. The molecule has 6 heteroatoms. The first-order valence-corrected chi connectivity index (χ1v) is 9.27. The van der Waals surface area contributed by atoms with Crippen molar-refractivity contribution in [2.24, 2.45) is 4.99 Å². The van der Waals surface area contributed by atoms with E-state index in [1.807, 2.05) is 26.0 Å². The van der Waals surface area contributed by atoms with Crippen LogP contribution in [0.5, 0.6) is 0 Å². The van der Waals surface area contributed by atoms with Gasteiger partial charge < -0.3 is 11.1 Å². The number of ketones is 1. The topological polar surface area (TPSA) is 67.5 Å². The number of nitrogen functional groups attached to an aromatic ring is 1. The molecule has 2 aromatic rings. The molecule has 1 heterocycles. The Balaban J connectivity index is 2.08. The first-order valence-electron chi connectivity index (χ1n) is 8.89. The molecule has 4 nitrogen and oxygen atoms in total. The lowest BCUT2D eigenvalue weighted by Gasteiger charge is -2.17. The van der Waals surface area contributed by atoms with E-state index in [1.165, 1.54) is 13.0 Å². The highest BCUT2D eigenvalue weighted by atomic mass is 35.5. The van der Waals surface area contributed by atoms with E-state index in [0.29, 0.717) is 27.7 Å². The van der Waals surface area contributed by atoms with Crippen LogP contribution in [0.15, 0.2) is 59.1 Å². The number of carbonyl (C=O) groups excluding carboxylic acids is 1. The third-order valence-electron chi connectivity index (χ3n) is 4.45. The summed E-state index contributed by atoms with van der Waals surface area (Å²) in [5.74, 6) is -0.516. The number of allylic oxidation sites excluding steroid dienone is 3. The molecule has 0 aliphatic carbocycles. The van der Waals surface area contributed by atoms with E-state index in [0.717, 1.165) is 11.1 Å². The van der Waals surface area contributed by atoms with E-state index in [9.17, 15) is 9.18 Å². The van der Waals surface area contributed by atoms with Gasteiger partial charge in [-0.1, -0.05) is 17.7 Å². The normalized spacial score (nSPS) is 16.6. The van der Waals surface area contributed by atoms with Gasteiger partial charge in [-0.25, -0.2) is 4.39 Å². The van der Waals surface area contributed by atoms with Crippen LogP contribution in [-0.4, -0.2) is 17.5 Å². The lowest BCUT2D eigenvalue weighted by Crippen LogP contribution is -2.11. The van der Waals surface area contributed by atoms with Crippen LogP contribution in [0.1, 0.15) is 26.3 Å². The minimum atomic E-state index is -0.464. The molecule has 3 N–H and O–H groups in total. The number of nitrogens with two attached hydrogens (primary N) is 1. The predicted octanol–water partition coefficient (Wildman–Crippen LogP) is 5.57. The number of halogens is 2. The van der Waals surface area contributed by atoms with Gasteiger partial charge in [0.15, 0.2) is 5.78 Å². The average molecular weight is 398 g/mol. The third kappa shape index (κ3) is 3.99. The molecule has 144 valence electrons. The van der Waals surface area contributed by atoms with Gasteiger partial charge in [-0.05, 0) is 63.2 Å². The third-order valence-corrected chi connectivity index (χ3v) is 4.69.